The van der Waals surface area contributed by atoms with Crippen molar-refractivity contribution in [2.75, 3.05) is 11.5 Å². The molecule has 88 valence electrons. The van der Waals surface area contributed by atoms with Crippen molar-refractivity contribution in [1.82, 2.24) is 14.8 Å². The van der Waals surface area contributed by atoms with Crippen molar-refractivity contribution in [3.63, 3.8) is 0 Å². The first-order valence-electron chi connectivity index (χ1n) is 6.35. The van der Waals surface area contributed by atoms with Gasteiger partial charge in [-0.15, -0.1) is 0 Å². The van der Waals surface area contributed by atoms with Crippen LogP contribution in [0, 0.1) is 5.92 Å². The van der Waals surface area contributed by atoms with Crippen LogP contribution in [0.2, 0.25) is 0 Å². The predicted octanol–water partition coefficient (Wildman–Crippen LogP) is 2.47. The van der Waals surface area contributed by atoms with Crippen LogP contribution in [0.4, 0.5) is 0 Å². The first-order valence-corrected chi connectivity index (χ1v) is 7.50. The third-order valence-electron chi connectivity index (χ3n) is 3.68. The Morgan fingerprint density at radius 1 is 1.44 bits per heavy atom. The highest BCUT2D eigenvalue weighted by Gasteiger charge is 2.22. The summed E-state index contributed by atoms with van der Waals surface area (Å²) in [5, 5.41) is 4.69. The minimum atomic E-state index is 0.558. The normalized spacial score (nSPS) is 29.3. The van der Waals surface area contributed by atoms with E-state index in [1.165, 1.54) is 36.6 Å². The van der Waals surface area contributed by atoms with E-state index < -0.39 is 0 Å². The lowest BCUT2D eigenvalue weighted by molar-refractivity contribution is 0.386. The number of rotatable bonds is 2. The molecule has 1 fully saturated rings. The van der Waals surface area contributed by atoms with E-state index >= 15 is 0 Å². The van der Waals surface area contributed by atoms with E-state index in [9.17, 15) is 0 Å². The van der Waals surface area contributed by atoms with Crippen molar-refractivity contribution in [2.24, 2.45) is 5.92 Å². The molecule has 0 aromatic carbocycles. The van der Waals surface area contributed by atoms with Crippen LogP contribution in [-0.4, -0.2) is 26.3 Å². The summed E-state index contributed by atoms with van der Waals surface area (Å²) in [6, 6.07) is 0.558. The van der Waals surface area contributed by atoms with E-state index in [2.05, 4.69) is 23.4 Å². The molecule has 3 nitrogen and oxygen atoms in total. The quantitative estimate of drug-likeness (QED) is 0.791. The Kier molecular flexibility index (Phi) is 2.92. The van der Waals surface area contributed by atoms with Crippen LogP contribution in [0.15, 0.2) is 0 Å². The average Bonchev–Trinajstić information content (AvgIpc) is 2.88. The van der Waals surface area contributed by atoms with Gasteiger partial charge in [-0.1, -0.05) is 0 Å². The SMILES string of the molecule is CC1CCCc2nc(CC3CCSC3)nn21. The van der Waals surface area contributed by atoms with Crippen LogP contribution in [0.3, 0.4) is 0 Å². The van der Waals surface area contributed by atoms with Crippen LogP contribution in [-0.2, 0) is 12.8 Å². The van der Waals surface area contributed by atoms with Gasteiger partial charge in [0.2, 0.25) is 0 Å². The van der Waals surface area contributed by atoms with E-state index in [1.54, 1.807) is 0 Å². The van der Waals surface area contributed by atoms with Gasteiger partial charge in [-0.3, -0.25) is 0 Å². The van der Waals surface area contributed by atoms with Gasteiger partial charge in [-0.25, -0.2) is 9.67 Å². The molecule has 4 heteroatoms. The zero-order chi connectivity index (χ0) is 11.0. The fourth-order valence-corrected chi connectivity index (χ4v) is 3.98. The second-order valence-electron chi connectivity index (χ2n) is 5.06. The van der Waals surface area contributed by atoms with Crippen LogP contribution in [0.1, 0.15) is 43.9 Å². The van der Waals surface area contributed by atoms with Gasteiger partial charge in [-0.05, 0) is 43.6 Å². The second kappa shape index (κ2) is 4.40. The molecule has 0 bridgehead atoms. The minimum absolute atomic E-state index is 0.558. The summed E-state index contributed by atoms with van der Waals surface area (Å²) in [6.07, 6.45) is 6.11. The minimum Gasteiger partial charge on any atom is -0.247 e. The number of thioether (sulfide) groups is 1. The molecule has 1 saturated heterocycles. The van der Waals surface area contributed by atoms with E-state index in [4.69, 9.17) is 10.1 Å². The maximum atomic E-state index is 4.71. The van der Waals surface area contributed by atoms with Crippen molar-refractivity contribution >= 4 is 11.8 Å². The molecule has 2 aliphatic heterocycles. The number of aryl methyl sites for hydroxylation is 1. The fourth-order valence-electron chi connectivity index (χ4n) is 2.69. The molecule has 0 amide bonds. The fraction of sp³-hybridized carbons (Fsp3) is 0.833. The van der Waals surface area contributed by atoms with Gasteiger partial charge in [-0.2, -0.15) is 16.9 Å². The maximum Gasteiger partial charge on any atom is 0.151 e. The Morgan fingerprint density at radius 3 is 3.12 bits per heavy atom. The standard InChI is InChI=1S/C12H19N3S/c1-9-3-2-4-12-13-11(14-15(9)12)7-10-5-6-16-8-10/h9-10H,2-8H2,1H3. The summed E-state index contributed by atoms with van der Waals surface area (Å²) in [7, 11) is 0. The molecule has 2 aliphatic rings. The third kappa shape index (κ3) is 1.99. The highest BCUT2D eigenvalue weighted by atomic mass is 32.2. The molecule has 0 N–H and O–H groups in total. The summed E-state index contributed by atoms with van der Waals surface area (Å²) in [5.41, 5.74) is 0. The second-order valence-corrected chi connectivity index (χ2v) is 6.21. The highest BCUT2D eigenvalue weighted by molar-refractivity contribution is 7.99. The van der Waals surface area contributed by atoms with E-state index in [0.29, 0.717) is 6.04 Å². The highest BCUT2D eigenvalue weighted by Crippen LogP contribution is 2.27. The molecule has 0 saturated carbocycles. The molecule has 16 heavy (non-hydrogen) atoms. The molecule has 0 aliphatic carbocycles. The van der Waals surface area contributed by atoms with Crippen LogP contribution in [0.25, 0.3) is 0 Å². The first kappa shape index (κ1) is 10.6. The molecule has 0 spiro atoms. The molecule has 3 rings (SSSR count). The van der Waals surface area contributed by atoms with Crippen LogP contribution >= 0.6 is 11.8 Å². The molecular weight excluding hydrogens is 218 g/mol. The number of hydrogen-bond acceptors (Lipinski definition) is 3. The Hall–Kier alpha value is -0.510. The predicted molar refractivity (Wildman–Crippen MR) is 66.8 cm³/mol. The van der Waals surface area contributed by atoms with Crippen molar-refractivity contribution in [2.45, 2.75) is 45.1 Å². The third-order valence-corrected chi connectivity index (χ3v) is 4.91. The summed E-state index contributed by atoms with van der Waals surface area (Å²) in [4.78, 5) is 4.71. The maximum absolute atomic E-state index is 4.71. The lowest BCUT2D eigenvalue weighted by Gasteiger charge is -2.18. The van der Waals surface area contributed by atoms with Gasteiger partial charge in [0, 0.05) is 12.8 Å². The number of fused-ring (bicyclic) bond motifs is 1. The van der Waals surface area contributed by atoms with Gasteiger partial charge in [0.05, 0.1) is 6.04 Å². The molecule has 2 atom stereocenters. The van der Waals surface area contributed by atoms with Crippen molar-refractivity contribution < 1.29 is 0 Å². The number of aromatic nitrogens is 3. The van der Waals surface area contributed by atoms with Gasteiger partial charge < -0.3 is 0 Å². The summed E-state index contributed by atoms with van der Waals surface area (Å²) >= 11 is 2.07. The van der Waals surface area contributed by atoms with E-state index in [-0.39, 0.29) is 0 Å². The summed E-state index contributed by atoms with van der Waals surface area (Å²) in [5.74, 6) is 5.77. The van der Waals surface area contributed by atoms with Gasteiger partial charge in [0.1, 0.15) is 5.82 Å². The van der Waals surface area contributed by atoms with E-state index in [0.717, 1.165) is 24.6 Å². The average molecular weight is 237 g/mol. The topological polar surface area (TPSA) is 30.7 Å². The first-order chi connectivity index (χ1) is 7.83. The zero-order valence-electron chi connectivity index (χ0n) is 9.85. The largest absolute Gasteiger partial charge is 0.247 e. The Bertz CT molecular complexity index is 368. The van der Waals surface area contributed by atoms with Crippen molar-refractivity contribution in [3.8, 4) is 0 Å². The number of hydrogen-bond donors (Lipinski definition) is 0. The molecular formula is C12H19N3S. The van der Waals surface area contributed by atoms with Gasteiger partial charge in [0.25, 0.3) is 0 Å². The molecule has 2 unspecified atom stereocenters. The summed E-state index contributed by atoms with van der Waals surface area (Å²) in [6.45, 7) is 2.26. The van der Waals surface area contributed by atoms with Gasteiger partial charge in [0.15, 0.2) is 5.82 Å². The van der Waals surface area contributed by atoms with Crippen LogP contribution < -0.4 is 0 Å². The monoisotopic (exact) mass is 237 g/mol. The molecule has 1 aromatic heterocycles. The van der Waals surface area contributed by atoms with Crippen LogP contribution in [0.5, 0.6) is 0 Å². The van der Waals surface area contributed by atoms with Crippen molar-refractivity contribution in [3.05, 3.63) is 11.6 Å². The Labute approximate surface area is 101 Å². The molecule has 1 aromatic rings. The zero-order valence-corrected chi connectivity index (χ0v) is 10.7. The lowest BCUT2D eigenvalue weighted by Crippen LogP contribution is -2.16. The van der Waals surface area contributed by atoms with Crippen molar-refractivity contribution in [1.29, 1.82) is 0 Å². The summed E-state index contributed by atoms with van der Waals surface area (Å²) < 4.78 is 2.17. The van der Waals surface area contributed by atoms with Gasteiger partial charge >= 0.3 is 0 Å². The smallest absolute Gasteiger partial charge is 0.151 e. The van der Waals surface area contributed by atoms with E-state index in [1.807, 2.05) is 0 Å². The number of nitrogens with zero attached hydrogens (tertiary/aromatic N) is 3. The Morgan fingerprint density at radius 2 is 2.38 bits per heavy atom. The molecule has 3 heterocycles. The molecule has 0 radical (unpaired) electrons. The lowest BCUT2D eigenvalue weighted by atomic mass is 10.1. The Balaban J connectivity index is 1.75.